The lowest BCUT2D eigenvalue weighted by Crippen LogP contribution is -2.29. The van der Waals surface area contributed by atoms with Gasteiger partial charge in [0.1, 0.15) is 0 Å². The Morgan fingerprint density at radius 3 is 2.00 bits per heavy atom. The average Bonchev–Trinajstić information content (AvgIpc) is 2.50. The Kier molecular flexibility index (Phi) is 5.42. The second kappa shape index (κ2) is 7.04. The Morgan fingerprint density at radius 2 is 1.48 bits per heavy atom. The van der Waals surface area contributed by atoms with Gasteiger partial charge in [0.05, 0.1) is 10.5 Å². The van der Waals surface area contributed by atoms with Crippen LogP contribution in [0.3, 0.4) is 0 Å². The zero-order valence-corrected chi connectivity index (χ0v) is 15.2. The quantitative estimate of drug-likeness (QED) is 0.749. The minimum atomic E-state index is -3.30. The van der Waals surface area contributed by atoms with E-state index in [2.05, 4.69) is 0 Å². The van der Waals surface area contributed by atoms with Crippen LogP contribution in [0.1, 0.15) is 42.3 Å². The van der Waals surface area contributed by atoms with Crippen molar-refractivity contribution in [1.29, 1.82) is 0 Å². The van der Waals surface area contributed by atoms with Crippen molar-refractivity contribution in [3.63, 3.8) is 0 Å². The Labute approximate surface area is 146 Å². The highest BCUT2D eigenvalue weighted by molar-refractivity contribution is 7.91. The summed E-state index contributed by atoms with van der Waals surface area (Å²) in [5.41, 5.74) is 1.37. The molecule has 0 aliphatic heterocycles. The van der Waals surface area contributed by atoms with Gasteiger partial charge in [-0.15, -0.1) is 0 Å². The summed E-state index contributed by atoms with van der Waals surface area (Å²) >= 11 is 0. The maximum atomic E-state index is 13.2. The van der Waals surface area contributed by atoms with E-state index in [-0.39, 0.29) is 18.0 Å². The van der Waals surface area contributed by atoms with Crippen LogP contribution >= 0.6 is 0 Å². The molecule has 0 spiro atoms. The Bertz CT molecular complexity index is 880. The van der Waals surface area contributed by atoms with Gasteiger partial charge in [-0.3, -0.25) is 4.79 Å². The van der Waals surface area contributed by atoms with Gasteiger partial charge in [-0.25, -0.2) is 17.2 Å². The van der Waals surface area contributed by atoms with Gasteiger partial charge in [0.25, 0.3) is 0 Å². The fourth-order valence-electron chi connectivity index (χ4n) is 2.16. The van der Waals surface area contributed by atoms with Gasteiger partial charge in [0.2, 0.25) is 0 Å². The molecule has 2 aromatic carbocycles. The highest BCUT2D eigenvalue weighted by Gasteiger charge is 2.28. The normalized spacial score (nSPS) is 12.2. The lowest BCUT2D eigenvalue weighted by Gasteiger charge is -2.19. The Morgan fingerprint density at radius 1 is 0.920 bits per heavy atom. The van der Waals surface area contributed by atoms with Crippen LogP contribution in [-0.2, 0) is 22.0 Å². The summed E-state index contributed by atoms with van der Waals surface area (Å²) in [6.45, 7) is 4.92. The summed E-state index contributed by atoms with van der Waals surface area (Å²) in [5.74, 6) is -2.31. The van der Waals surface area contributed by atoms with Crippen molar-refractivity contribution in [2.24, 2.45) is 0 Å². The monoisotopic (exact) mass is 366 g/mol. The number of carbonyl (C=O) groups excluding carboxylic acids is 1. The van der Waals surface area contributed by atoms with Crippen molar-refractivity contribution in [2.75, 3.05) is 0 Å². The standard InChI is InChI=1S/C19H20F2O3S/c1-19(2,3)25(23,24)12-13-4-7-15(8-5-13)18(22)11-14-6-9-16(20)17(21)10-14/h4-10H,11-12H2,1-3H3. The number of sulfone groups is 1. The van der Waals surface area contributed by atoms with Crippen LogP contribution in [-0.4, -0.2) is 18.9 Å². The van der Waals surface area contributed by atoms with E-state index in [4.69, 9.17) is 0 Å². The van der Waals surface area contributed by atoms with Gasteiger partial charge in [-0.2, -0.15) is 0 Å². The predicted molar refractivity (Wildman–Crippen MR) is 93.2 cm³/mol. The van der Waals surface area contributed by atoms with Crippen molar-refractivity contribution in [3.05, 3.63) is 70.8 Å². The van der Waals surface area contributed by atoms with Crippen LogP contribution in [0.15, 0.2) is 42.5 Å². The lowest BCUT2D eigenvalue weighted by atomic mass is 10.0. The summed E-state index contributed by atoms with van der Waals surface area (Å²) in [7, 11) is -3.30. The first-order valence-electron chi connectivity index (χ1n) is 7.78. The molecule has 0 saturated heterocycles. The first-order valence-corrected chi connectivity index (χ1v) is 9.43. The Hall–Kier alpha value is -2.08. The second-order valence-corrected chi connectivity index (χ2v) is 9.66. The maximum absolute atomic E-state index is 13.2. The van der Waals surface area contributed by atoms with Crippen molar-refractivity contribution < 1.29 is 22.0 Å². The minimum absolute atomic E-state index is 0.0587. The zero-order chi connectivity index (χ0) is 18.8. The third kappa shape index (κ3) is 4.72. The number of carbonyl (C=O) groups is 1. The molecule has 134 valence electrons. The van der Waals surface area contributed by atoms with Gasteiger partial charge in [-0.1, -0.05) is 30.3 Å². The smallest absolute Gasteiger partial charge is 0.167 e. The molecule has 2 aromatic rings. The molecule has 0 aliphatic rings. The molecule has 0 aliphatic carbocycles. The fraction of sp³-hybridized carbons (Fsp3) is 0.316. The molecule has 0 atom stereocenters. The van der Waals surface area contributed by atoms with Crippen LogP contribution in [0, 0.1) is 11.6 Å². The number of halogens is 2. The molecular formula is C19H20F2O3S. The third-order valence-electron chi connectivity index (χ3n) is 3.91. The lowest BCUT2D eigenvalue weighted by molar-refractivity contribution is 0.0993. The minimum Gasteiger partial charge on any atom is -0.294 e. The number of ketones is 1. The molecule has 0 bridgehead atoms. The largest absolute Gasteiger partial charge is 0.294 e. The van der Waals surface area contributed by atoms with Crippen molar-refractivity contribution in [3.8, 4) is 0 Å². The summed E-state index contributed by atoms with van der Waals surface area (Å²) in [5, 5.41) is 0. The number of Topliss-reactive ketones (excluding diaryl/α,β-unsaturated/α-hetero) is 1. The molecule has 0 amide bonds. The number of hydrogen-bond acceptors (Lipinski definition) is 3. The molecule has 0 fully saturated rings. The van der Waals surface area contributed by atoms with Gasteiger partial charge in [0.15, 0.2) is 27.3 Å². The second-order valence-electron chi connectivity index (χ2n) is 6.92. The molecule has 0 saturated carbocycles. The average molecular weight is 366 g/mol. The summed E-state index contributed by atoms with van der Waals surface area (Å²) in [6, 6.07) is 9.64. The molecular weight excluding hydrogens is 346 g/mol. The molecule has 3 nitrogen and oxygen atoms in total. The topological polar surface area (TPSA) is 51.2 Å². The Balaban J connectivity index is 2.11. The van der Waals surface area contributed by atoms with E-state index in [0.717, 1.165) is 12.1 Å². The summed E-state index contributed by atoms with van der Waals surface area (Å²) in [6.07, 6.45) is -0.0587. The van der Waals surface area contributed by atoms with E-state index < -0.39 is 26.2 Å². The van der Waals surface area contributed by atoms with Crippen LogP contribution in [0.25, 0.3) is 0 Å². The van der Waals surface area contributed by atoms with Gasteiger partial charge < -0.3 is 0 Å². The predicted octanol–water partition coefficient (Wildman–Crippen LogP) is 4.10. The maximum Gasteiger partial charge on any atom is 0.167 e. The molecule has 2 rings (SSSR count). The number of hydrogen-bond donors (Lipinski definition) is 0. The van der Waals surface area contributed by atoms with Gasteiger partial charge in [0, 0.05) is 12.0 Å². The van der Waals surface area contributed by atoms with Gasteiger partial charge in [-0.05, 0) is 44.0 Å². The van der Waals surface area contributed by atoms with Crippen LogP contribution in [0.4, 0.5) is 8.78 Å². The van der Waals surface area contributed by atoms with Crippen molar-refractivity contribution >= 4 is 15.6 Å². The molecule has 0 radical (unpaired) electrons. The molecule has 0 aromatic heterocycles. The molecule has 0 N–H and O–H groups in total. The fourth-order valence-corrected chi connectivity index (χ4v) is 3.22. The van der Waals surface area contributed by atoms with Crippen LogP contribution < -0.4 is 0 Å². The van der Waals surface area contributed by atoms with E-state index in [9.17, 15) is 22.0 Å². The van der Waals surface area contributed by atoms with E-state index in [1.807, 2.05) is 0 Å². The number of benzene rings is 2. The van der Waals surface area contributed by atoms with Gasteiger partial charge >= 0.3 is 0 Å². The molecule has 25 heavy (non-hydrogen) atoms. The zero-order valence-electron chi connectivity index (χ0n) is 14.3. The first-order chi connectivity index (χ1) is 11.5. The summed E-state index contributed by atoms with van der Waals surface area (Å²) < 4.78 is 49.7. The van der Waals surface area contributed by atoms with E-state index in [0.29, 0.717) is 16.7 Å². The highest BCUT2D eigenvalue weighted by Crippen LogP contribution is 2.21. The number of rotatable bonds is 5. The molecule has 6 heteroatoms. The van der Waals surface area contributed by atoms with Crippen LogP contribution in [0.5, 0.6) is 0 Å². The first kappa shape index (κ1) is 19.2. The highest BCUT2D eigenvalue weighted by atomic mass is 32.2. The van der Waals surface area contributed by atoms with E-state index in [1.54, 1.807) is 45.0 Å². The third-order valence-corrected chi connectivity index (χ3v) is 6.49. The van der Waals surface area contributed by atoms with E-state index >= 15 is 0 Å². The summed E-state index contributed by atoms with van der Waals surface area (Å²) in [4.78, 5) is 12.2. The van der Waals surface area contributed by atoms with Crippen molar-refractivity contribution in [1.82, 2.24) is 0 Å². The van der Waals surface area contributed by atoms with Crippen molar-refractivity contribution in [2.45, 2.75) is 37.7 Å². The molecule has 0 heterocycles. The molecule has 0 unspecified atom stereocenters. The van der Waals surface area contributed by atoms with E-state index in [1.165, 1.54) is 6.07 Å². The van der Waals surface area contributed by atoms with Crippen LogP contribution in [0.2, 0.25) is 0 Å². The SMILES string of the molecule is CC(C)(C)S(=O)(=O)Cc1ccc(C(=O)Cc2ccc(F)c(F)c2)cc1.